The molecule has 0 aliphatic heterocycles. The van der Waals surface area contributed by atoms with E-state index in [2.05, 4.69) is 21.2 Å². The average molecular weight is 351 g/mol. The first kappa shape index (κ1) is 15.1. The highest BCUT2D eigenvalue weighted by atomic mass is 79.9. The van der Waals surface area contributed by atoms with Gasteiger partial charge in [0.25, 0.3) is 11.6 Å². The number of nitrogens with zero attached hydrogens (tertiary/aromatic N) is 1. The molecule has 0 radical (unpaired) electrons. The number of rotatable bonds is 4. The average Bonchev–Trinajstić information content (AvgIpc) is 2.47. The van der Waals surface area contributed by atoms with Crippen LogP contribution in [-0.4, -0.2) is 15.9 Å². The van der Waals surface area contributed by atoms with Gasteiger partial charge in [0.1, 0.15) is 0 Å². The molecule has 0 saturated heterocycles. The molecule has 2 aromatic carbocycles. The summed E-state index contributed by atoms with van der Waals surface area (Å²) in [7, 11) is 0. The zero-order chi connectivity index (χ0) is 15.4. The predicted octanol–water partition coefficient (Wildman–Crippen LogP) is 3.10. The van der Waals surface area contributed by atoms with Gasteiger partial charge in [0.15, 0.2) is 0 Å². The van der Waals surface area contributed by atoms with Gasteiger partial charge in [-0.25, -0.2) is 0 Å². The number of amides is 1. The molecule has 0 fully saturated rings. The molecular weight excluding hydrogens is 340 g/mol. The number of hydrogen-bond acceptors (Lipinski definition) is 4. The summed E-state index contributed by atoms with van der Waals surface area (Å²) in [5, 5.41) is 22.5. The van der Waals surface area contributed by atoms with E-state index in [4.69, 9.17) is 5.11 Å². The Morgan fingerprint density at radius 2 is 2.05 bits per heavy atom. The minimum Gasteiger partial charge on any atom is -0.392 e. The van der Waals surface area contributed by atoms with Crippen LogP contribution in [0.25, 0.3) is 0 Å². The summed E-state index contributed by atoms with van der Waals surface area (Å²) < 4.78 is 0.462. The second-order valence-corrected chi connectivity index (χ2v) is 5.09. The summed E-state index contributed by atoms with van der Waals surface area (Å²) in [4.78, 5) is 22.4. The smallest absolute Gasteiger partial charge is 0.270 e. The zero-order valence-electron chi connectivity index (χ0n) is 10.7. The Kier molecular flexibility index (Phi) is 4.66. The molecule has 108 valence electrons. The number of anilines is 1. The van der Waals surface area contributed by atoms with Crippen molar-refractivity contribution >= 4 is 33.2 Å². The number of benzene rings is 2. The fourth-order valence-corrected chi connectivity index (χ4v) is 2.17. The minimum atomic E-state index is -0.560. The van der Waals surface area contributed by atoms with Crippen LogP contribution < -0.4 is 5.32 Å². The molecule has 0 aliphatic carbocycles. The van der Waals surface area contributed by atoms with Crippen molar-refractivity contribution in [2.45, 2.75) is 6.61 Å². The largest absolute Gasteiger partial charge is 0.392 e. The van der Waals surface area contributed by atoms with Crippen LogP contribution in [0.4, 0.5) is 11.4 Å². The third-order valence-electron chi connectivity index (χ3n) is 2.77. The summed E-state index contributed by atoms with van der Waals surface area (Å²) in [6.45, 7) is -0.135. The van der Waals surface area contributed by atoms with Crippen LogP contribution in [0, 0.1) is 10.1 Å². The lowest BCUT2D eigenvalue weighted by Gasteiger charge is -2.08. The van der Waals surface area contributed by atoms with Gasteiger partial charge in [-0.05, 0) is 39.7 Å². The minimum absolute atomic E-state index is 0.135. The molecule has 7 heteroatoms. The van der Waals surface area contributed by atoms with Crippen LogP contribution in [-0.2, 0) is 6.61 Å². The molecule has 0 atom stereocenters. The monoisotopic (exact) mass is 350 g/mol. The Hall–Kier alpha value is -2.25. The van der Waals surface area contributed by atoms with Gasteiger partial charge in [0.2, 0.25) is 0 Å². The van der Waals surface area contributed by atoms with Crippen molar-refractivity contribution < 1.29 is 14.8 Å². The van der Waals surface area contributed by atoms with E-state index in [0.29, 0.717) is 15.7 Å². The predicted molar refractivity (Wildman–Crippen MR) is 81.1 cm³/mol. The summed E-state index contributed by atoms with van der Waals surface area (Å²) in [6.07, 6.45) is 0. The van der Waals surface area contributed by atoms with Gasteiger partial charge in [0.05, 0.1) is 17.1 Å². The van der Waals surface area contributed by atoms with Gasteiger partial charge in [-0.2, -0.15) is 0 Å². The van der Waals surface area contributed by atoms with Gasteiger partial charge in [-0.3, -0.25) is 14.9 Å². The van der Waals surface area contributed by atoms with Gasteiger partial charge in [-0.15, -0.1) is 0 Å². The van der Waals surface area contributed by atoms with Gasteiger partial charge in [0, 0.05) is 22.3 Å². The highest BCUT2D eigenvalue weighted by molar-refractivity contribution is 9.10. The zero-order valence-corrected chi connectivity index (χ0v) is 12.3. The Balaban J connectivity index is 2.27. The molecule has 2 aromatic rings. The third-order valence-corrected chi connectivity index (χ3v) is 3.46. The van der Waals surface area contributed by atoms with Gasteiger partial charge < -0.3 is 10.4 Å². The normalized spacial score (nSPS) is 10.2. The van der Waals surface area contributed by atoms with E-state index in [-0.39, 0.29) is 17.9 Å². The number of nitrogens with one attached hydrogen (secondary N) is 1. The summed E-state index contributed by atoms with van der Waals surface area (Å²) in [5.41, 5.74) is 1.17. The van der Waals surface area contributed by atoms with E-state index in [9.17, 15) is 14.9 Å². The molecule has 0 spiro atoms. The highest BCUT2D eigenvalue weighted by Gasteiger charge is 2.15. The highest BCUT2D eigenvalue weighted by Crippen LogP contribution is 2.23. The number of carbonyl (C=O) groups is 1. The van der Waals surface area contributed by atoms with Crippen molar-refractivity contribution in [2.75, 3.05) is 5.32 Å². The van der Waals surface area contributed by atoms with E-state index in [0.717, 1.165) is 0 Å². The molecule has 0 saturated carbocycles. The number of aliphatic hydroxyl groups excluding tert-OH is 1. The maximum Gasteiger partial charge on any atom is 0.270 e. The molecule has 2 N–H and O–H groups in total. The van der Waals surface area contributed by atoms with E-state index in [1.165, 1.54) is 18.2 Å². The SMILES string of the molecule is O=C(Nc1cccc(CO)c1)c1cc([N+](=O)[O-])ccc1Br. The topological polar surface area (TPSA) is 92.5 Å². The molecule has 2 rings (SSSR count). The van der Waals surface area contributed by atoms with E-state index < -0.39 is 10.8 Å². The molecule has 1 amide bonds. The first-order valence-electron chi connectivity index (χ1n) is 5.96. The lowest BCUT2D eigenvalue weighted by Crippen LogP contribution is -2.13. The Morgan fingerprint density at radius 3 is 2.71 bits per heavy atom. The standard InChI is InChI=1S/C14H11BrN2O4/c15-13-5-4-11(17(20)21)7-12(13)14(19)16-10-3-1-2-9(6-10)8-18/h1-7,18H,8H2,(H,16,19). The van der Waals surface area contributed by atoms with Crippen LogP contribution in [0.3, 0.4) is 0 Å². The van der Waals surface area contributed by atoms with Crippen molar-refractivity contribution in [2.24, 2.45) is 0 Å². The fraction of sp³-hybridized carbons (Fsp3) is 0.0714. The van der Waals surface area contributed by atoms with Crippen LogP contribution in [0.2, 0.25) is 0 Å². The number of halogens is 1. The molecule has 21 heavy (non-hydrogen) atoms. The number of carbonyl (C=O) groups excluding carboxylic acids is 1. The first-order chi connectivity index (χ1) is 10.0. The Morgan fingerprint density at radius 1 is 1.29 bits per heavy atom. The first-order valence-corrected chi connectivity index (χ1v) is 6.75. The van der Waals surface area contributed by atoms with Crippen molar-refractivity contribution in [1.29, 1.82) is 0 Å². The lowest BCUT2D eigenvalue weighted by molar-refractivity contribution is -0.384. The Labute approximate surface area is 128 Å². The van der Waals surface area contributed by atoms with Crippen LogP contribution in [0.15, 0.2) is 46.9 Å². The van der Waals surface area contributed by atoms with Gasteiger partial charge >= 0.3 is 0 Å². The molecule has 0 heterocycles. The maximum absolute atomic E-state index is 12.2. The van der Waals surface area contributed by atoms with Crippen LogP contribution >= 0.6 is 15.9 Å². The van der Waals surface area contributed by atoms with Crippen molar-refractivity contribution in [3.8, 4) is 0 Å². The van der Waals surface area contributed by atoms with Crippen molar-refractivity contribution in [1.82, 2.24) is 0 Å². The third kappa shape index (κ3) is 3.65. The number of nitro groups is 1. The van der Waals surface area contributed by atoms with Crippen LogP contribution in [0.5, 0.6) is 0 Å². The van der Waals surface area contributed by atoms with Crippen molar-refractivity contribution in [3.63, 3.8) is 0 Å². The van der Waals surface area contributed by atoms with Crippen LogP contribution in [0.1, 0.15) is 15.9 Å². The Bertz CT molecular complexity index is 703. The maximum atomic E-state index is 12.2. The van der Waals surface area contributed by atoms with Gasteiger partial charge in [-0.1, -0.05) is 12.1 Å². The second-order valence-electron chi connectivity index (χ2n) is 4.23. The quantitative estimate of drug-likeness (QED) is 0.654. The van der Waals surface area contributed by atoms with Crippen molar-refractivity contribution in [3.05, 3.63) is 68.2 Å². The summed E-state index contributed by atoms with van der Waals surface area (Å²) >= 11 is 3.20. The second kappa shape index (κ2) is 6.47. The number of nitro benzene ring substituents is 1. The summed E-state index contributed by atoms with van der Waals surface area (Å²) in [6, 6.07) is 10.7. The molecule has 0 aliphatic rings. The summed E-state index contributed by atoms with van der Waals surface area (Å²) in [5.74, 6) is -0.472. The molecule has 0 aromatic heterocycles. The number of hydrogen-bond donors (Lipinski definition) is 2. The number of non-ortho nitro benzene ring substituents is 1. The van der Waals surface area contributed by atoms with E-state index in [1.807, 2.05) is 0 Å². The van der Waals surface area contributed by atoms with E-state index in [1.54, 1.807) is 24.3 Å². The molecule has 0 unspecified atom stereocenters. The lowest BCUT2D eigenvalue weighted by atomic mass is 10.1. The fourth-order valence-electron chi connectivity index (χ4n) is 1.75. The molecule has 6 nitrogen and oxygen atoms in total. The molecule has 0 bridgehead atoms. The molecular formula is C14H11BrN2O4. The van der Waals surface area contributed by atoms with E-state index >= 15 is 0 Å². The number of aliphatic hydroxyl groups is 1.